The molecule has 2 unspecified atom stereocenters. The van der Waals surface area contributed by atoms with E-state index in [1.54, 1.807) is 49.5 Å². The molecule has 4 rings (SSSR count). The van der Waals surface area contributed by atoms with E-state index < -0.39 is 28.6 Å². The van der Waals surface area contributed by atoms with Crippen LogP contribution in [0.1, 0.15) is 12.5 Å². The van der Waals surface area contributed by atoms with Gasteiger partial charge in [-0.25, -0.2) is 0 Å². The lowest BCUT2D eigenvalue weighted by Crippen LogP contribution is -2.48. The van der Waals surface area contributed by atoms with Crippen molar-refractivity contribution in [2.45, 2.75) is 24.1 Å². The lowest BCUT2D eigenvalue weighted by Gasteiger charge is -2.35. The summed E-state index contributed by atoms with van der Waals surface area (Å²) in [6.45, 7) is 3.11. The highest BCUT2D eigenvalue weighted by Gasteiger charge is 2.53. The van der Waals surface area contributed by atoms with E-state index in [1.165, 1.54) is 0 Å². The van der Waals surface area contributed by atoms with Gasteiger partial charge in [-0.1, -0.05) is 46.6 Å². The van der Waals surface area contributed by atoms with Gasteiger partial charge in [0.25, 0.3) is 5.91 Å². The molecule has 1 aliphatic rings. The second-order valence-electron chi connectivity index (χ2n) is 9.42. The third-order valence-electron chi connectivity index (χ3n) is 6.66. The number of halogens is 5. The van der Waals surface area contributed by atoms with E-state index in [1.807, 2.05) is 24.1 Å². The summed E-state index contributed by atoms with van der Waals surface area (Å²) in [5, 5.41) is 14.6. The first-order valence-electron chi connectivity index (χ1n) is 12.6. The zero-order valence-corrected chi connectivity index (χ0v) is 25.0. The fourth-order valence-electron chi connectivity index (χ4n) is 4.63. The molecule has 0 spiro atoms. The Hall–Kier alpha value is -2.31. The number of aliphatic hydroxyl groups is 1. The van der Waals surface area contributed by atoms with Gasteiger partial charge in [0.15, 0.2) is 5.72 Å². The van der Waals surface area contributed by atoms with E-state index in [-0.39, 0.29) is 12.3 Å². The Morgan fingerprint density at radius 3 is 2.60 bits per heavy atom. The van der Waals surface area contributed by atoms with Crippen molar-refractivity contribution in [3.05, 3.63) is 81.4 Å². The van der Waals surface area contributed by atoms with Crippen LogP contribution < -0.4 is 5.32 Å². The van der Waals surface area contributed by atoms with Gasteiger partial charge in [0.2, 0.25) is 0 Å². The molecule has 2 N–H and O–H groups in total. The Bertz CT molecular complexity index is 1390. The maximum Gasteiger partial charge on any atom is 0.404 e. The molecule has 0 radical (unpaired) electrons. The molecule has 0 saturated heterocycles. The number of nitrogens with zero attached hydrogens (tertiary/aromatic N) is 3. The number of nitrogens with one attached hydrogen (secondary N) is 1. The number of carbonyl (C=O) groups excluding carboxylic acids is 1. The van der Waals surface area contributed by atoms with Crippen LogP contribution in [0.2, 0.25) is 5.02 Å². The number of hydrogen-bond acceptors (Lipinski definition) is 6. The highest BCUT2D eigenvalue weighted by atomic mass is 79.9. The topological polar surface area (TPSA) is 68.7 Å². The number of fused-ring (bicyclic) bond motifs is 1. The van der Waals surface area contributed by atoms with Crippen LogP contribution in [0, 0.1) is 0 Å². The minimum absolute atomic E-state index is 0.0277. The summed E-state index contributed by atoms with van der Waals surface area (Å²) in [7, 11) is 1.85. The van der Waals surface area contributed by atoms with Crippen LogP contribution in [-0.2, 0) is 10.5 Å². The van der Waals surface area contributed by atoms with Crippen molar-refractivity contribution in [3.8, 4) is 0 Å². The summed E-state index contributed by atoms with van der Waals surface area (Å²) < 4.78 is 42.5. The van der Waals surface area contributed by atoms with Gasteiger partial charge in [0, 0.05) is 64.1 Å². The number of carbonyl (C=O) groups is 1. The third-order valence-corrected chi connectivity index (χ3v) is 8.61. The van der Waals surface area contributed by atoms with Crippen LogP contribution in [0.3, 0.4) is 0 Å². The maximum atomic E-state index is 13.9. The number of rotatable bonds is 11. The molecular weight excluding hydrogens is 629 g/mol. The molecule has 1 aliphatic heterocycles. The van der Waals surface area contributed by atoms with Crippen molar-refractivity contribution in [1.82, 2.24) is 14.8 Å². The van der Waals surface area contributed by atoms with E-state index in [9.17, 15) is 23.1 Å². The van der Waals surface area contributed by atoms with E-state index in [0.717, 1.165) is 32.0 Å². The van der Waals surface area contributed by atoms with Crippen molar-refractivity contribution in [2.75, 3.05) is 44.3 Å². The number of thioether (sulfide) groups is 1. The van der Waals surface area contributed by atoms with E-state index in [4.69, 9.17) is 11.6 Å². The van der Waals surface area contributed by atoms with Crippen molar-refractivity contribution >= 4 is 61.8 Å². The highest BCUT2D eigenvalue weighted by Crippen LogP contribution is 2.44. The molecule has 2 aromatic carbocycles. The zero-order valence-electron chi connectivity index (χ0n) is 21.9. The SMILES string of the molecule is CCSC(C1=CC(O)(c2ccc(Br)cc2)N(CCN(C)CCNc2ccnc3cc(Cl)ccc23)C1=O)C(F)(F)F. The van der Waals surface area contributed by atoms with E-state index in [0.29, 0.717) is 42.0 Å². The molecule has 1 aromatic heterocycles. The van der Waals surface area contributed by atoms with E-state index in [2.05, 4.69) is 26.2 Å². The monoisotopic (exact) mass is 656 g/mol. The van der Waals surface area contributed by atoms with Gasteiger partial charge < -0.3 is 20.2 Å². The predicted molar refractivity (Wildman–Crippen MR) is 159 cm³/mol. The average molecular weight is 658 g/mol. The summed E-state index contributed by atoms with van der Waals surface area (Å²) in [5.74, 6) is -0.650. The number of anilines is 1. The first-order chi connectivity index (χ1) is 18.9. The molecule has 0 bridgehead atoms. The van der Waals surface area contributed by atoms with Gasteiger partial charge in [0.1, 0.15) is 5.25 Å². The van der Waals surface area contributed by atoms with Crippen LogP contribution in [0.5, 0.6) is 0 Å². The number of hydrogen-bond donors (Lipinski definition) is 2. The molecule has 0 saturated carbocycles. The lowest BCUT2D eigenvalue weighted by atomic mass is 10.0. The first-order valence-corrected chi connectivity index (χ1v) is 14.8. The average Bonchev–Trinajstić information content (AvgIpc) is 3.15. The van der Waals surface area contributed by atoms with Gasteiger partial charge in [-0.3, -0.25) is 9.78 Å². The quantitative estimate of drug-likeness (QED) is 0.253. The summed E-state index contributed by atoms with van der Waals surface area (Å²) >= 11 is 10.0. The number of likely N-dealkylation sites (N-methyl/N-ethyl adjacent to an activating group) is 1. The van der Waals surface area contributed by atoms with Crippen molar-refractivity contribution in [1.29, 1.82) is 0 Å². The molecule has 40 heavy (non-hydrogen) atoms. The minimum Gasteiger partial charge on any atom is -0.383 e. The van der Waals surface area contributed by atoms with Crippen LogP contribution in [0.25, 0.3) is 10.9 Å². The van der Waals surface area contributed by atoms with E-state index >= 15 is 0 Å². The fourth-order valence-corrected chi connectivity index (χ4v) is 5.93. The molecular formula is C28H29BrClF3N4O2S. The maximum absolute atomic E-state index is 13.9. The van der Waals surface area contributed by atoms with Crippen molar-refractivity contribution < 1.29 is 23.1 Å². The molecule has 214 valence electrons. The Balaban J connectivity index is 1.47. The molecule has 2 atom stereocenters. The number of alkyl halides is 3. The molecule has 0 fully saturated rings. The normalized spacial score (nSPS) is 18.5. The molecule has 12 heteroatoms. The highest BCUT2D eigenvalue weighted by molar-refractivity contribution is 9.10. The summed E-state index contributed by atoms with van der Waals surface area (Å²) in [6, 6.07) is 13.9. The fraction of sp³-hybridized carbons (Fsp3) is 0.357. The second kappa shape index (κ2) is 12.7. The molecule has 6 nitrogen and oxygen atoms in total. The number of amides is 1. The Morgan fingerprint density at radius 2 is 1.93 bits per heavy atom. The summed E-state index contributed by atoms with van der Waals surface area (Å²) in [4.78, 5) is 20.8. The minimum atomic E-state index is -4.64. The van der Waals surface area contributed by atoms with Crippen LogP contribution in [0.15, 0.2) is 70.8 Å². The van der Waals surface area contributed by atoms with Gasteiger partial charge in [-0.05, 0) is 55.3 Å². The van der Waals surface area contributed by atoms with Crippen LogP contribution >= 0.6 is 39.3 Å². The largest absolute Gasteiger partial charge is 0.404 e. The van der Waals surface area contributed by atoms with Crippen LogP contribution in [0.4, 0.5) is 18.9 Å². The lowest BCUT2D eigenvalue weighted by molar-refractivity contribution is -0.147. The third kappa shape index (κ3) is 6.76. The number of benzene rings is 2. The molecule has 2 heterocycles. The first kappa shape index (κ1) is 30.6. The zero-order chi connectivity index (χ0) is 29.1. The standard InChI is InChI=1S/C28H29BrClF3N4O2S/c1-3-40-25(28(31,32)33)22-17-27(39,18-4-6-19(29)7-5-18)37(26(22)38)15-14-36(2)13-12-35-23-10-11-34-24-16-20(30)8-9-21(23)24/h4-11,16-17,25,39H,3,12-15H2,1-2H3,(H,34,35). The number of aromatic nitrogens is 1. The van der Waals surface area contributed by atoms with Gasteiger partial charge >= 0.3 is 6.18 Å². The Morgan fingerprint density at radius 1 is 1.20 bits per heavy atom. The van der Waals surface area contributed by atoms with Gasteiger partial charge in [-0.2, -0.15) is 13.2 Å². The summed E-state index contributed by atoms with van der Waals surface area (Å²) in [5.41, 5.74) is -0.460. The number of pyridine rings is 1. The second-order valence-corrected chi connectivity index (χ2v) is 12.2. The van der Waals surface area contributed by atoms with Crippen molar-refractivity contribution in [2.24, 2.45) is 0 Å². The van der Waals surface area contributed by atoms with Gasteiger partial charge in [0.05, 0.1) is 5.52 Å². The predicted octanol–water partition coefficient (Wildman–Crippen LogP) is 6.29. The Kier molecular flexibility index (Phi) is 9.72. The smallest absolute Gasteiger partial charge is 0.383 e. The summed E-state index contributed by atoms with van der Waals surface area (Å²) in [6.07, 6.45) is -1.87. The molecule has 0 aliphatic carbocycles. The van der Waals surface area contributed by atoms with Crippen LogP contribution in [-0.4, -0.2) is 76.2 Å². The van der Waals surface area contributed by atoms with Gasteiger partial charge in [-0.15, -0.1) is 11.8 Å². The van der Waals surface area contributed by atoms with Crippen molar-refractivity contribution in [3.63, 3.8) is 0 Å². The molecule has 1 amide bonds. The Labute approximate surface area is 248 Å². The molecule has 3 aromatic rings.